The van der Waals surface area contributed by atoms with Crippen LogP contribution in [-0.2, 0) is 4.79 Å². The van der Waals surface area contributed by atoms with Crippen LogP contribution in [0.5, 0.6) is 5.75 Å². The van der Waals surface area contributed by atoms with E-state index in [-0.39, 0.29) is 30.8 Å². The molecule has 132 valence electrons. The number of rotatable bonds is 7. The minimum atomic E-state index is -1.04. The number of nitrogens with one attached hydrogen (secondary N) is 1. The largest absolute Gasteiger partial charge is 0.491 e. The molecule has 0 radical (unpaired) electrons. The van der Waals surface area contributed by atoms with Crippen LogP contribution in [0.4, 0.5) is 9.18 Å². The third-order valence-corrected chi connectivity index (χ3v) is 3.81. The van der Waals surface area contributed by atoms with Gasteiger partial charge in [-0.3, -0.25) is 9.69 Å². The molecule has 3 amide bonds. The van der Waals surface area contributed by atoms with Crippen LogP contribution in [0.3, 0.4) is 0 Å². The van der Waals surface area contributed by atoms with Crippen LogP contribution in [0.1, 0.15) is 27.2 Å². The molecule has 2 atom stereocenters. The average molecular weight is 338 g/mol. The maximum absolute atomic E-state index is 12.8. The Bertz CT molecular complexity index is 605. The highest BCUT2D eigenvalue weighted by atomic mass is 19.1. The van der Waals surface area contributed by atoms with Crippen molar-refractivity contribution < 1.29 is 23.8 Å². The summed E-state index contributed by atoms with van der Waals surface area (Å²) in [5.41, 5.74) is -0.942. The Morgan fingerprint density at radius 1 is 1.29 bits per heavy atom. The van der Waals surface area contributed by atoms with Crippen LogP contribution in [-0.4, -0.2) is 46.7 Å². The van der Waals surface area contributed by atoms with Crippen LogP contribution >= 0.6 is 0 Å². The highest BCUT2D eigenvalue weighted by molar-refractivity contribution is 6.06. The van der Waals surface area contributed by atoms with Crippen molar-refractivity contribution in [3.8, 4) is 5.75 Å². The van der Waals surface area contributed by atoms with Gasteiger partial charge in [-0.2, -0.15) is 0 Å². The number of amides is 3. The second kappa shape index (κ2) is 7.17. The summed E-state index contributed by atoms with van der Waals surface area (Å²) in [5.74, 6) is -0.0862. The number of carbonyl (C=O) groups is 2. The van der Waals surface area contributed by atoms with Gasteiger partial charge in [0.25, 0.3) is 5.91 Å². The molecule has 0 spiro atoms. The lowest BCUT2D eigenvalue weighted by Crippen LogP contribution is -2.45. The molecule has 2 N–H and O–H groups in total. The van der Waals surface area contributed by atoms with E-state index in [4.69, 9.17) is 4.74 Å². The van der Waals surface area contributed by atoms with Gasteiger partial charge in [-0.05, 0) is 43.5 Å². The van der Waals surface area contributed by atoms with Gasteiger partial charge < -0.3 is 15.2 Å². The molecule has 0 bridgehead atoms. The first-order valence-electron chi connectivity index (χ1n) is 7.92. The SMILES string of the molecule is CC(C)C[C@]1(C)NC(=O)N(C[C@H](O)COc2ccc(F)cc2)C1=O. The van der Waals surface area contributed by atoms with Crippen molar-refractivity contribution in [3.63, 3.8) is 0 Å². The fourth-order valence-corrected chi connectivity index (χ4v) is 2.85. The number of halogens is 1. The molecule has 0 aliphatic carbocycles. The van der Waals surface area contributed by atoms with Gasteiger partial charge in [0, 0.05) is 0 Å². The zero-order chi connectivity index (χ0) is 17.9. The summed E-state index contributed by atoms with van der Waals surface area (Å²) in [6, 6.07) is 4.86. The number of aliphatic hydroxyl groups excluding tert-OH is 1. The first-order valence-corrected chi connectivity index (χ1v) is 7.92. The Balaban J connectivity index is 1.91. The Morgan fingerprint density at radius 3 is 2.50 bits per heavy atom. The Morgan fingerprint density at radius 2 is 1.92 bits per heavy atom. The lowest BCUT2D eigenvalue weighted by Gasteiger charge is -2.24. The number of carbonyl (C=O) groups excluding carboxylic acids is 2. The van der Waals surface area contributed by atoms with E-state index in [9.17, 15) is 19.1 Å². The van der Waals surface area contributed by atoms with E-state index < -0.39 is 17.7 Å². The zero-order valence-electron chi connectivity index (χ0n) is 14.1. The molecule has 0 saturated carbocycles. The maximum Gasteiger partial charge on any atom is 0.325 e. The van der Waals surface area contributed by atoms with E-state index in [0.29, 0.717) is 12.2 Å². The first kappa shape index (κ1) is 18.2. The summed E-state index contributed by atoms with van der Waals surface area (Å²) in [7, 11) is 0. The highest BCUT2D eigenvalue weighted by Crippen LogP contribution is 2.25. The molecular formula is C17H23FN2O4. The second-order valence-electron chi connectivity index (χ2n) is 6.69. The molecular weight excluding hydrogens is 315 g/mol. The maximum atomic E-state index is 12.8. The van der Waals surface area contributed by atoms with Crippen LogP contribution in [0.2, 0.25) is 0 Å². The smallest absolute Gasteiger partial charge is 0.325 e. The van der Waals surface area contributed by atoms with Crippen LogP contribution in [0, 0.1) is 11.7 Å². The number of imide groups is 1. The Kier molecular flexibility index (Phi) is 5.43. The number of hydrogen-bond donors (Lipinski definition) is 2. The number of aliphatic hydroxyl groups is 1. The van der Waals surface area contributed by atoms with Crippen molar-refractivity contribution in [2.45, 2.75) is 38.8 Å². The van der Waals surface area contributed by atoms with Gasteiger partial charge in [0.15, 0.2) is 0 Å². The third-order valence-electron chi connectivity index (χ3n) is 3.81. The molecule has 1 saturated heterocycles. The summed E-state index contributed by atoms with van der Waals surface area (Å²) in [5, 5.41) is 12.7. The number of benzene rings is 1. The summed E-state index contributed by atoms with van der Waals surface area (Å²) >= 11 is 0. The average Bonchev–Trinajstić information content (AvgIpc) is 2.69. The van der Waals surface area contributed by atoms with E-state index in [1.807, 2.05) is 13.8 Å². The van der Waals surface area contributed by atoms with Gasteiger partial charge in [0.1, 0.15) is 29.8 Å². The molecule has 1 aliphatic rings. The third kappa shape index (κ3) is 4.23. The summed E-state index contributed by atoms with van der Waals surface area (Å²) in [4.78, 5) is 25.5. The quantitative estimate of drug-likeness (QED) is 0.745. The van der Waals surface area contributed by atoms with Crippen LogP contribution < -0.4 is 10.1 Å². The molecule has 1 heterocycles. The molecule has 0 unspecified atom stereocenters. The summed E-state index contributed by atoms with van der Waals surface area (Å²) < 4.78 is 18.1. The predicted molar refractivity (Wildman–Crippen MR) is 86.0 cm³/mol. The molecule has 7 heteroatoms. The van der Waals surface area contributed by atoms with Crippen molar-refractivity contribution in [1.82, 2.24) is 10.2 Å². The lowest BCUT2D eigenvalue weighted by molar-refractivity contribution is -0.132. The van der Waals surface area contributed by atoms with Crippen molar-refractivity contribution in [1.29, 1.82) is 0 Å². The van der Waals surface area contributed by atoms with Gasteiger partial charge in [-0.1, -0.05) is 13.8 Å². The van der Waals surface area contributed by atoms with E-state index in [1.54, 1.807) is 6.92 Å². The van der Waals surface area contributed by atoms with Gasteiger partial charge in [-0.15, -0.1) is 0 Å². The minimum absolute atomic E-state index is 0.108. The lowest BCUT2D eigenvalue weighted by atomic mass is 9.91. The number of ether oxygens (including phenoxy) is 1. The fraction of sp³-hybridized carbons (Fsp3) is 0.529. The monoisotopic (exact) mass is 338 g/mol. The van der Waals surface area contributed by atoms with Crippen molar-refractivity contribution >= 4 is 11.9 Å². The topological polar surface area (TPSA) is 78.9 Å². The van der Waals surface area contributed by atoms with E-state index >= 15 is 0 Å². The summed E-state index contributed by atoms with van der Waals surface area (Å²) in [6.07, 6.45) is -0.512. The van der Waals surface area contributed by atoms with E-state index in [1.165, 1.54) is 24.3 Å². The molecule has 24 heavy (non-hydrogen) atoms. The van der Waals surface area contributed by atoms with E-state index in [0.717, 1.165) is 4.90 Å². The van der Waals surface area contributed by atoms with Gasteiger partial charge in [-0.25, -0.2) is 9.18 Å². The zero-order valence-corrected chi connectivity index (χ0v) is 14.1. The molecule has 1 aromatic rings. The molecule has 6 nitrogen and oxygen atoms in total. The van der Waals surface area contributed by atoms with Gasteiger partial charge in [0.05, 0.1) is 6.54 Å². The van der Waals surface area contributed by atoms with Gasteiger partial charge in [0.2, 0.25) is 0 Å². The summed E-state index contributed by atoms with van der Waals surface area (Å²) in [6.45, 7) is 5.37. The van der Waals surface area contributed by atoms with Crippen molar-refractivity contribution in [3.05, 3.63) is 30.1 Å². The molecule has 1 fully saturated rings. The van der Waals surface area contributed by atoms with Crippen molar-refractivity contribution in [2.75, 3.05) is 13.2 Å². The first-order chi connectivity index (χ1) is 11.2. The van der Waals surface area contributed by atoms with Crippen molar-refractivity contribution in [2.24, 2.45) is 5.92 Å². The number of urea groups is 1. The Hall–Kier alpha value is -2.15. The fourth-order valence-electron chi connectivity index (χ4n) is 2.85. The van der Waals surface area contributed by atoms with Crippen LogP contribution in [0.15, 0.2) is 24.3 Å². The van der Waals surface area contributed by atoms with Crippen LogP contribution in [0.25, 0.3) is 0 Å². The molecule has 0 aromatic heterocycles. The highest BCUT2D eigenvalue weighted by Gasteiger charge is 2.48. The molecule has 2 rings (SSSR count). The predicted octanol–water partition coefficient (Wildman–Crippen LogP) is 1.92. The van der Waals surface area contributed by atoms with Gasteiger partial charge >= 0.3 is 6.03 Å². The number of β-amino-alcohol motifs (C(OH)–C–C–N with tert-alkyl or cyclic N) is 1. The molecule has 1 aromatic carbocycles. The normalized spacial score (nSPS) is 22.0. The Labute approximate surface area is 140 Å². The second-order valence-corrected chi connectivity index (χ2v) is 6.69. The number of hydrogen-bond acceptors (Lipinski definition) is 4. The standard InChI is InChI=1S/C17H23FN2O4/c1-11(2)8-17(3)15(22)20(16(23)19-17)9-13(21)10-24-14-6-4-12(18)5-7-14/h4-7,11,13,21H,8-10H2,1-3H3,(H,19,23)/t13-,17-/m0/s1. The number of nitrogens with zero attached hydrogens (tertiary/aromatic N) is 1. The van der Waals surface area contributed by atoms with E-state index in [2.05, 4.69) is 5.32 Å². The minimum Gasteiger partial charge on any atom is -0.491 e. The molecule has 1 aliphatic heterocycles.